The van der Waals surface area contributed by atoms with E-state index in [0.29, 0.717) is 10.8 Å². The second kappa shape index (κ2) is 7.59. The summed E-state index contributed by atoms with van der Waals surface area (Å²) in [6, 6.07) is 23.6. The van der Waals surface area contributed by atoms with Gasteiger partial charge in [-0.25, -0.2) is 4.98 Å². The van der Waals surface area contributed by atoms with Crippen LogP contribution in [0.4, 0.5) is 11.5 Å². The van der Waals surface area contributed by atoms with Gasteiger partial charge in [0, 0.05) is 26.7 Å². The molecule has 0 fully saturated rings. The molecule has 0 aliphatic heterocycles. The molecular weight excluding hydrogens is 424 g/mol. The number of methoxy groups -OCH3 is 1. The van der Waals surface area contributed by atoms with E-state index in [1.165, 1.54) is 0 Å². The van der Waals surface area contributed by atoms with E-state index in [0.717, 1.165) is 37.9 Å². The number of hydrogen-bond donors (Lipinski definition) is 1. The molecule has 4 aromatic rings. The third kappa shape index (κ3) is 3.51. The van der Waals surface area contributed by atoms with Crippen molar-refractivity contribution in [2.24, 2.45) is 0 Å². The van der Waals surface area contributed by atoms with Crippen LogP contribution < -0.4 is 10.1 Å². The van der Waals surface area contributed by atoms with Gasteiger partial charge in [0.05, 0.1) is 17.6 Å². The molecule has 0 aliphatic carbocycles. The van der Waals surface area contributed by atoms with Crippen LogP contribution in [-0.4, -0.2) is 12.1 Å². The molecule has 134 valence electrons. The summed E-state index contributed by atoms with van der Waals surface area (Å²) < 4.78 is 6.19. The van der Waals surface area contributed by atoms with Gasteiger partial charge in [0.2, 0.25) is 0 Å². The number of benzene rings is 3. The lowest BCUT2D eigenvalue weighted by molar-refractivity contribution is 0.415. The summed E-state index contributed by atoms with van der Waals surface area (Å²) >= 11 is 10.5. The van der Waals surface area contributed by atoms with Crippen molar-refractivity contribution in [3.05, 3.63) is 82.3 Å². The van der Waals surface area contributed by atoms with Crippen molar-refractivity contribution in [3.63, 3.8) is 0 Å². The van der Waals surface area contributed by atoms with E-state index < -0.39 is 0 Å². The maximum absolute atomic E-state index is 6.85. The molecule has 0 aliphatic rings. The fourth-order valence-electron chi connectivity index (χ4n) is 2.98. The number of hydrogen-bond acceptors (Lipinski definition) is 3. The number of para-hydroxylation sites is 1. The van der Waals surface area contributed by atoms with E-state index in [2.05, 4.69) is 21.2 Å². The third-order valence-electron chi connectivity index (χ3n) is 4.33. The Balaban J connectivity index is 1.92. The van der Waals surface area contributed by atoms with E-state index in [4.69, 9.17) is 21.3 Å². The minimum absolute atomic E-state index is 0.670. The number of pyridine rings is 1. The minimum atomic E-state index is 0.670. The van der Waals surface area contributed by atoms with Gasteiger partial charge in [0.25, 0.3) is 0 Å². The zero-order valence-electron chi connectivity index (χ0n) is 14.5. The first-order valence-electron chi connectivity index (χ1n) is 8.41. The molecule has 1 heterocycles. The number of ether oxygens (including phenoxy) is 1. The quantitative estimate of drug-likeness (QED) is 0.369. The Morgan fingerprint density at radius 1 is 0.926 bits per heavy atom. The van der Waals surface area contributed by atoms with Crippen molar-refractivity contribution in [2.45, 2.75) is 0 Å². The van der Waals surface area contributed by atoms with E-state index in [1.807, 2.05) is 72.8 Å². The summed E-state index contributed by atoms with van der Waals surface area (Å²) in [6.07, 6.45) is 0. The van der Waals surface area contributed by atoms with Crippen LogP contribution in [0, 0.1) is 0 Å². The number of aromatic nitrogens is 1. The van der Waals surface area contributed by atoms with Gasteiger partial charge in [-0.15, -0.1) is 0 Å². The maximum atomic E-state index is 6.85. The fraction of sp³-hybridized carbons (Fsp3) is 0.0455. The van der Waals surface area contributed by atoms with E-state index in [-0.39, 0.29) is 0 Å². The molecule has 3 nitrogen and oxygen atoms in total. The van der Waals surface area contributed by atoms with Gasteiger partial charge in [-0.05, 0) is 36.4 Å². The van der Waals surface area contributed by atoms with E-state index in [1.54, 1.807) is 7.11 Å². The first-order chi connectivity index (χ1) is 13.2. The lowest BCUT2D eigenvalue weighted by Crippen LogP contribution is -1.99. The molecule has 27 heavy (non-hydrogen) atoms. The number of nitrogens with one attached hydrogen (secondary N) is 1. The van der Waals surface area contributed by atoms with Crippen LogP contribution in [0.2, 0.25) is 5.02 Å². The minimum Gasteiger partial charge on any atom is -0.497 e. The van der Waals surface area contributed by atoms with Gasteiger partial charge >= 0.3 is 0 Å². The molecule has 0 unspecified atom stereocenters. The smallest absolute Gasteiger partial charge is 0.140 e. The normalized spacial score (nSPS) is 10.8. The number of fused-ring (bicyclic) bond motifs is 1. The van der Waals surface area contributed by atoms with Crippen LogP contribution in [0.15, 0.2) is 77.3 Å². The van der Waals surface area contributed by atoms with Crippen molar-refractivity contribution in [1.29, 1.82) is 0 Å². The number of nitrogens with zero attached hydrogens (tertiary/aromatic N) is 1. The molecule has 0 atom stereocenters. The average molecular weight is 440 g/mol. The van der Waals surface area contributed by atoms with Crippen molar-refractivity contribution in [3.8, 4) is 16.9 Å². The van der Waals surface area contributed by atoms with Gasteiger partial charge in [0.15, 0.2) is 0 Å². The molecule has 0 amide bonds. The predicted molar refractivity (Wildman–Crippen MR) is 116 cm³/mol. The molecule has 1 N–H and O–H groups in total. The van der Waals surface area contributed by atoms with E-state index in [9.17, 15) is 0 Å². The summed E-state index contributed by atoms with van der Waals surface area (Å²) in [4.78, 5) is 4.84. The molecular formula is C22H16BrClN2O. The largest absolute Gasteiger partial charge is 0.497 e. The average Bonchev–Trinajstić information content (AvgIpc) is 2.70. The van der Waals surface area contributed by atoms with Crippen LogP contribution in [0.5, 0.6) is 5.75 Å². The monoisotopic (exact) mass is 438 g/mol. The zero-order chi connectivity index (χ0) is 18.8. The highest BCUT2D eigenvalue weighted by molar-refractivity contribution is 9.10. The molecule has 0 spiro atoms. The zero-order valence-corrected chi connectivity index (χ0v) is 16.9. The van der Waals surface area contributed by atoms with Gasteiger partial charge in [-0.1, -0.05) is 63.9 Å². The summed E-state index contributed by atoms with van der Waals surface area (Å²) in [5.41, 5.74) is 3.59. The highest BCUT2D eigenvalue weighted by Gasteiger charge is 2.17. The summed E-state index contributed by atoms with van der Waals surface area (Å²) in [6.45, 7) is 0. The predicted octanol–water partition coefficient (Wildman–Crippen LogP) is 7.07. The highest BCUT2D eigenvalue weighted by atomic mass is 79.9. The van der Waals surface area contributed by atoms with Crippen LogP contribution in [0.1, 0.15) is 0 Å². The third-order valence-corrected chi connectivity index (χ3v) is 5.41. The van der Waals surface area contributed by atoms with Crippen molar-refractivity contribution < 1.29 is 4.74 Å². The lowest BCUT2D eigenvalue weighted by Gasteiger charge is -2.16. The summed E-state index contributed by atoms with van der Waals surface area (Å²) in [7, 11) is 1.65. The Bertz CT molecular complexity index is 1110. The SMILES string of the molecule is COc1ccc(Nc2nc3ccccc3c(Cl)c2-c2ccccc2Br)cc1. The molecule has 3 aromatic carbocycles. The fourth-order valence-corrected chi connectivity index (χ4v) is 3.82. The number of halogens is 2. The first kappa shape index (κ1) is 17.8. The van der Waals surface area contributed by atoms with Crippen LogP contribution in [0.25, 0.3) is 22.0 Å². The Morgan fingerprint density at radius 2 is 1.63 bits per heavy atom. The van der Waals surface area contributed by atoms with Gasteiger partial charge in [-0.2, -0.15) is 0 Å². The molecule has 5 heteroatoms. The maximum Gasteiger partial charge on any atom is 0.140 e. The van der Waals surface area contributed by atoms with Gasteiger partial charge in [0.1, 0.15) is 11.6 Å². The van der Waals surface area contributed by atoms with Crippen LogP contribution in [0.3, 0.4) is 0 Å². The molecule has 4 rings (SSSR count). The molecule has 1 aromatic heterocycles. The molecule has 0 radical (unpaired) electrons. The van der Waals surface area contributed by atoms with Gasteiger partial charge in [-0.3, -0.25) is 0 Å². The van der Waals surface area contributed by atoms with E-state index >= 15 is 0 Å². The second-order valence-electron chi connectivity index (χ2n) is 6.00. The van der Waals surface area contributed by atoms with Crippen molar-refractivity contribution in [2.75, 3.05) is 12.4 Å². The Hall–Kier alpha value is -2.56. The summed E-state index contributed by atoms with van der Waals surface area (Å²) in [5, 5.41) is 5.00. The Morgan fingerprint density at radius 3 is 2.37 bits per heavy atom. The Labute approximate surface area is 171 Å². The lowest BCUT2D eigenvalue weighted by atomic mass is 10.0. The standard InChI is InChI=1S/C22H16BrClN2O/c1-27-15-12-10-14(11-13-15)25-22-20(16-6-2-4-8-18(16)23)21(24)17-7-3-5-9-19(17)26-22/h2-13H,1H3,(H,25,26). The topological polar surface area (TPSA) is 34.1 Å². The summed E-state index contributed by atoms with van der Waals surface area (Å²) in [5.74, 6) is 1.51. The molecule has 0 saturated carbocycles. The molecule has 0 saturated heterocycles. The van der Waals surface area contributed by atoms with Crippen LogP contribution >= 0.6 is 27.5 Å². The molecule has 0 bridgehead atoms. The van der Waals surface area contributed by atoms with Crippen molar-refractivity contribution >= 4 is 49.9 Å². The number of rotatable bonds is 4. The van der Waals surface area contributed by atoms with Gasteiger partial charge < -0.3 is 10.1 Å². The van der Waals surface area contributed by atoms with Crippen LogP contribution in [-0.2, 0) is 0 Å². The highest BCUT2D eigenvalue weighted by Crippen LogP contribution is 2.42. The first-order valence-corrected chi connectivity index (χ1v) is 9.58. The second-order valence-corrected chi connectivity index (χ2v) is 7.23. The Kier molecular flexibility index (Phi) is 5.01. The number of anilines is 2. The van der Waals surface area contributed by atoms with Crippen molar-refractivity contribution in [1.82, 2.24) is 4.98 Å².